The minimum atomic E-state index is 0.578. The number of nitrogens with one attached hydrogen (secondary N) is 1. The van der Waals surface area contributed by atoms with Gasteiger partial charge < -0.3 is 10.1 Å². The van der Waals surface area contributed by atoms with Gasteiger partial charge in [0.1, 0.15) is 5.75 Å². The molecule has 0 spiro atoms. The Hall–Kier alpha value is -1.59. The minimum absolute atomic E-state index is 0.578. The molecule has 0 aliphatic carbocycles. The molecular formula is C12H15ClN4O. The quantitative estimate of drug-likeness (QED) is 0.900. The van der Waals surface area contributed by atoms with Crippen LogP contribution in [0.3, 0.4) is 0 Å². The van der Waals surface area contributed by atoms with E-state index in [4.69, 9.17) is 16.3 Å². The Labute approximate surface area is 111 Å². The van der Waals surface area contributed by atoms with Crippen molar-refractivity contribution in [2.24, 2.45) is 0 Å². The van der Waals surface area contributed by atoms with Crippen LogP contribution in [0.4, 0.5) is 0 Å². The second-order valence-corrected chi connectivity index (χ2v) is 4.14. The van der Waals surface area contributed by atoms with Crippen LogP contribution in [0, 0.1) is 0 Å². The maximum Gasteiger partial charge on any atom is 0.139 e. The Kier molecular flexibility index (Phi) is 4.17. The van der Waals surface area contributed by atoms with Gasteiger partial charge in [0.15, 0.2) is 0 Å². The summed E-state index contributed by atoms with van der Waals surface area (Å²) >= 11 is 6.00. The molecule has 0 aliphatic rings. The van der Waals surface area contributed by atoms with Crippen LogP contribution in [0.2, 0.25) is 5.02 Å². The summed E-state index contributed by atoms with van der Waals surface area (Å²) in [6.07, 6.45) is 1.74. The zero-order valence-electron chi connectivity index (χ0n) is 10.4. The highest BCUT2D eigenvalue weighted by atomic mass is 35.5. The van der Waals surface area contributed by atoms with Crippen LogP contribution in [-0.4, -0.2) is 28.6 Å². The number of hydrogen-bond donors (Lipinski definition) is 1. The zero-order chi connectivity index (χ0) is 13.0. The molecular weight excluding hydrogens is 252 g/mol. The van der Waals surface area contributed by atoms with E-state index in [2.05, 4.69) is 22.6 Å². The standard InChI is InChI=1S/C12H15ClN4O/c1-3-14-7-10-8-15-16-17(10)9-4-5-11(13)12(6-9)18-2/h4-6,8,14H,3,7H2,1-2H3. The number of ether oxygens (including phenoxy) is 1. The lowest BCUT2D eigenvalue weighted by Crippen LogP contribution is -2.15. The van der Waals surface area contributed by atoms with E-state index in [1.165, 1.54) is 0 Å². The number of hydrogen-bond acceptors (Lipinski definition) is 4. The third kappa shape index (κ3) is 2.63. The predicted molar refractivity (Wildman–Crippen MR) is 70.3 cm³/mol. The summed E-state index contributed by atoms with van der Waals surface area (Å²) in [4.78, 5) is 0. The van der Waals surface area contributed by atoms with Gasteiger partial charge in [-0.05, 0) is 18.7 Å². The lowest BCUT2D eigenvalue weighted by atomic mass is 10.3. The SMILES string of the molecule is CCNCc1cnnn1-c1ccc(Cl)c(OC)c1. The van der Waals surface area contributed by atoms with Gasteiger partial charge in [-0.15, -0.1) is 5.10 Å². The molecule has 0 atom stereocenters. The molecule has 6 heteroatoms. The second-order valence-electron chi connectivity index (χ2n) is 3.74. The van der Waals surface area contributed by atoms with E-state index in [1.54, 1.807) is 24.1 Å². The molecule has 5 nitrogen and oxygen atoms in total. The van der Waals surface area contributed by atoms with Crippen LogP contribution in [0.1, 0.15) is 12.6 Å². The Morgan fingerprint density at radius 2 is 2.28 bits per heavy atom. The van der Waals surface area contributed by atoms with E-state index in [9.17, 15) is 0 Å². The lowest BCUT2D eigenvalue weighted by Gasteiger charge is -2.09. The molecule has 0 amide bonds. The highest BCUT2D eigenvalue weighted by Crippen LogP contribution is 2.26. The largest absolute Gasteiger partial charge is 0.495 e. The van der Waals surface area contributed by atoms with Crippen LogP contribution >= 0.6 is 11.6 Å². The molecule has 0 bridgehead atoms. The van der Waals surface area contributed by atoms with Crippen molar-refractivity contribution in [2.45, 2.75) is 13.5 Å². The highest BCUT2D eigenvalue weighted by Gasteiger charge is 2.08. The van der Waals surface area contributed by atoms with Gasteiger partial charge >= 0.3 is 0 Å². The number of benzene rings is 1. The third-order valence-electron chi connectivity index (χ3n) is 2.56. The number of methoxy groups -OCH3 is 1. The van der Waals surface area contributed by atoms with Crippen molar-refractivity contribution in [3.05, 3.63) is 35.1 Å². The molecule has 0 radical (unpaired) electrons. The molecule has 1 aromatic carbocycles. The van der Waals surface area contributed by atoms with Crippen molar-refractivity contribution < 1.29 is 4.74 Å². The predicted octanol–water partition coefficient (Wildman–Crippen LogP) is 2.04. The van der Waals surface area contributed by atoms with E-state index in [0.717, 1.165) is 17.9 Å². The molecule has 0 saturated carbocycles. The van der Waals surface area contributed by atoms with Gasteiger partial charge in [0.25, 0.3) is 0 Å². The van der Waals surface area contributed by atoms with E-state index in [-0.39, 0.29) is 0 Å². The molecule has 2 aromatic rings. The summed E-state index contributed by atoms with van der Waals surface area (Å²) in [5, 5.41) is 11.8. The van der Waals surface area contributed by atoms with Crippen molar-refractivity contribution in [2.75, 3.05) is 13.7 Å². The molecule has 0 fully saturated rings. The van der Waals surface area contributed by atoms with Crippen LogP contribution in [0.15, 0.2) is 24.4 Å². The minimum Gasteiger partial charge on any atom is -0.495 e. The Bertz CT molecular complexity index is 527. The van der Waals surface area contributed by atoms with Gasteiger partial charge in [-0.3, -0.25) is 0 Å². The van der Waals surface area contributed by atoms with Gasteiger partial charge in [-0.1, -0.05) is 23.7 Å². The van der Waals surface area contributed by atoms with Crippen molar-refractivity contribution in [1.82, 2.24) is 20.3 Å². The average molecular weight is 267 g/mol. The summed E-state index contributed by atoms with van der Waals surface area (Å²) in [7, 11) is 1.59. The van der Waals surface area contributed by atoms with Crippen molar-refractivity contribution >= 4 is 11.6 Å². The van der Waals surface area contributed by atoms with Crippen molar-refractivity contribution in [3.63, 3.8) is 0 Å². The first kappa shape index (κ1) is 12.9. The average Bonchev–Trinajstić information content (AvgIpc) is 2.85. The summed E-state index contributed by atoms with van der Waals surface area (Å²) in [6, 6.07) is 5.51. The van der Waals surface area contributed by atoms with Gasteiger partial charge in [0, 0.05) is 12.6 Å². The first-order valence-electron chi connectivity index (χ1n) is 5.70. The number of rotatable bonds is 5. The van der Waals surface area contributed by atoms with Crippen LogP contribution in [-0.2, 0) is 6.54 Å². The van der Waals surface area contributed by atoms with E-state index in [0.29, 0.717) is 17.3 Å². The summed E-state index contributed by atoms with van der Waals surface area (Å²) in [5.74, 6) is 0.624. The molecule has 96 valence electrons. The Morgan fingerprint density at radius 3 is 3.00 bits per heavy atom. The molecule has 0 aliphatic heterocycles. The maximum absolute atomic E-state index is 6.00. The molecule has 1 heterocycles. The van der Waals surface area contributed by atoms with Crippen LogP contribution in [0.5, 0.6) is 5.75 Å². The van der Waals surface area contributed by atoms with Gasteiger partial charge in [-0.2, -0.15) is 0 Å². The molecule has 1 N–H and O–H groups in total. The van der Waals surface area contributed by atoms with Crippen LogP contribution < -0.4 is 10.1 Å². The van der Waals surface area contributed by atoms with E-state index >= 15 is 0 Å². The Morgan fingerprint density at radius 1 is 1.44 bits per heavy atom. The van der Waals surface area contributed by atoms with E-state index < -0.39 is 0 Å². The normalized spacial score (nSPS) is 10.6. The zero-order valence-corrected chi connectivity index (χ0v) is 11.1. The van der Waals surface area contributed by atoms with E-state index in [1.807, 2.05) is 12.1 Å². The monoisotopic (exact) mass is 266 g/mol. The van der Waals surface area contributed by atoms with Gasteiger partial charge in [-0.25, -0.2) is 4.68 Å². The lowest BCUT2D eigenvalue weighted by molar-refractivity contribution is 0.414. The summed E-state index contributed by atoms with van der Waals surface area (Å²) in [6.45, 7) is 3.67. The fourth-order valence-corrected chi connectivity index (χ4v) is 1.82. The molecule has 0 unspecified atom stereocenters. The second kappa shape index (κ2) is 5.84. The van der Waals surface area contributed by atoms with Gasteiger partial charge in [0.05, 0.1) is 29.7 Å². The number of nitrogens with zero attached hydrogens (tertiary/aromatic N) is 3. The fourth-order valence-electron chi connectivity index (χ4n) is 1.63. The molecule has 2 rings (SSSR count). The van der Waals surface area contributed by atoms with Crippen molar-refractivity contribution in [3.8, 4) is 11.4 Å². The smallest absolute Gasteiger partial charge is 0.139 e. The summed E-state index contributed by atoms with van der Waals surface area (Å²) in [5.41, 5.74) is 1.86. The van der Waals surface area contributed by atoms with Crippen LogP contribution in [0.25, 0.3) is 5.69 Å². The summed E-state index contributed by atoms with van der Waals surface area (Å²) < 4.78 is 6.96. The highest BCUT2D eigenvalue weighted by molar-refractivity contribution is 6.32. The van der Waals surface area contributed by atoms with Gasteiger partial charge in [0.2, 0.25) is 0 Å². The number of aromatic nitrogens is 3. The molecule has 1 aromatic heterocycles. The van der Waals surface area contributed by atoms with Crippen molar-refractivity contribution in [1.29, 1.82) is 0 Å². The molecule has 0 saturated heterocycles. The fraction of sp³-hybridized carbons (Fsp3) is 0.333. The third-order valence-corrected chi connectivity index (χ3v) is 2.87. The first-order valence-corrected chi connectivity index (χ1v) is 6.08. The topological polar surface area (TPSA) is 52.0 Å². The maximum atomic E-state index is 6.00. The number of halogens is 1. The molecule has 18 heavy (non-hydrogen) atoms. The Balaban J connectivity index is 2.33. The first-order chi connectivity index (χ1) is 8.76.